The van der Waals surface area contributed by atoms with E-state index in [-0.39, 0.29) is 17.7 Å². The molecule has 2 bridgehead atoms. The maximum absolute atomic E-state index is 14.0. The number of ketones is 1. The summed E-state index contributed by atoms with van der Waals surface area (Å²) in [4.78, 5) is 34.5. The van der Waals surface area contributed by atoms with Crippen LogP contribution < -0.4 is 4.90 Å². The van der Waals surface area contributed by atoms with Gasteiger partial charge in [0.2, 0.25) is 0 Å². The van der Waals surface area contributed by atoms with E-state index in [1.54, 1.807) is 9.80 Å². The molecule has 184 valence electrons. The molecular formula is C27H38N4O3. The fourth-order valence-electron chi connectivity index (χ4n) is 6.57. The molecule has 0 aromatic heterocycles. The maximum atomic E-state index is 14.0. The van der Waals surface area contributed by atoms with Crippen LogP contribution in [0.3, 0.4) is 0 Å². The highest BCUT2D eigenvalue weighted by Gasteiger charge is 2.59. The van der Waals surface area contributed by atoms with Gasteiger partial charge in [0.15, 0.2) is 0 Å². The van der Waals surface area contributed by atoms with Crippen molar-refractivity contribution in [3.8, 4) is 0 Å². The van der Waals surface area contributed by atoms with E-state index < -0.39 is 5.41 Å². The van der Waals surface area contributed by atoms with E-state index in [9.17, 15) is 9.59 Å². The zero-order chi connectivity index (χ0) is 24.3. The Balaban J connectivity index is 1.45. The molecule has 0 spiro atoms. The van der Waals surface area contributed by atoms with Crippen LogP contribution in [0.4, 0.5) is 10.5 Å². The number of carbonyl (C=O) groups is 2. The Hall–Kier alpha value is -2.38. The SMILES string of the molecule is CN1CN(c2ccccc2[C@@]23CCN4C/C(=C/COC(C)(C)C)[C@@H](CC2=O)C[C@H]43)CN(C)C1=O. The van der Waals surface area contributed by atoms with Gasteiger partial charge in [-0.2, -0.15) is 0 Å². The quantitative estimate of drug-likeness (QED) is 0.637. The highest BCUT2D eigenvalue weighted by Crippen LogP contribution is 2.54. The van der Waals surface area contributed by atoms with E-state index in [2.05, 4.69) is 54.8 Å². The number of piperidine rings is 1. The van der Waals surface area contributed by atoms with Gasteiger partial charge in [-0.1, -0.05) is 29.8 Å². The molecule has 3 atom stereocenters. The van der Waals surface area contributed by atoms with E-state index in [1.165, 1.54) is 5.57 Å². The summed E-state index contributed by atoms with van der Waals surface area (Å²) in [5.41, 5.74) is 2.98. The number of benzene rings is 1. The van der Waals surface area contributed by atoms with Gasteiger partial charge in [0, 0.05) is 45.3 Å². The normalized spacial score (nSPS) is 31.1. The molecule has 5 rings (SSSR count). The molecule has 0 radical (unpaired) electrons. The molecule has 2 amide bonds. The molecule has 4 aliphatic rings. The van der Waals surface area contributed by atoms with Crippen LogP contribution in [0.1, 0.15) is 45.6 Å². The van der Waals surface area contributed by atoms with Gasteiger partial charge < -0.3 is 19.4 Å². The lowest BCUT2D eigenvalue weighted by Crippen LogP contribution is -2.58. The van der Waals surface area contributed by atoms with E-state index in [1.807, 2.05) is 20.2 Å². The summed E-state index contributed by atoms with van der Waals surface area (Å²) in [6, 6.07) is 8.67. The monoisotopic (exact) mass is 466 g/mol. The zero-order valence-electron chi connectivity index (χ0n) is 21.2. The second-order valence-electron chi connectivity index (χ2n) is 11.5. The summed E-state index contributed by atoms with van der Waals surface area (Å²) in [7, 11) is 3.66. The molecule has 1 aromatic carbocycles. The van der Waals surface area contributed by atoms with Crippen molar-refractivity contribution in [1.82, 2.24) is 14.7 Å². The first-order valence-electron chi connectivity index (χ1n) is 12.5. The number of urea groups is 1. The lowest BCUT2D eigenvalue weighted by atomic mass is 9.60. The number of rotatable bonds is 4. The Morgan fingerprint density at radius 1 is 1.12 bits per heavy atom. The van der Waals surface area contributed by atoms with Crippen molar-refractivity contribution >= 4 is 17.5 Å². The lowest BCUT2D eigenvalue weighted by Gasteiger charge is -2.50. The van der Waals surface area contributed by atoms with Crippen molar-refractivity contribution in [3.05, 3.63) is 41.5 Å². The Bertz CT molecular complexity index is 1000. The Morgan fingerprint density at radius 3 is 2.53 bits per heavy atom. The molecule has 3 saturated heterocycles. The second kappa shape index (κ2) is 8.38. The number of ether oxygens (including phenoxy) is 1. The summed E-state index contributed by atoms with van der Waals surface area (Å²) in [6.07, 6.45) is 4.73. The van der Waals surface area contributed by atoms with Gasteiger partial charge in [0.05, 0.1) is 31.0 Å². The first kappa shape index (κ1) is 23.4. The molecule has 34 heavy (non-hydrogen) atoms. The molecule has 1 aromatic rings. The number of Topliss-reactive ketones (excluding diaryl/α,β-unsaturated/α-hetero) is 1. The molecule has 0 unspecified atom stereocenters. The van der Waals surface area contributed by atoms with E-state index in [0.29, 0.717) is 38.1 Å². The fourth-order valence-corrected chi connectivity index (χ4v) is 6.57. The van der Waals surface area contributed by atoms with Crippen LogP contribution in [0.2, 0.25) is 0 Å². The van der Waals surface area contributed by atoms with Crippen LogP contribution in [0.25, 0.3) is 0 Å². The zero-order valence-corrected chi connectivity index (χ0v) is 21.2. The van der Waals surface area contributed by atoms with Crippen molar-refractivity contribution in [1.29, 1.82) is 0 Å². The van der Waals surface area contributed by atoms with Gasteiger partial charge in [-0.05, 0) is 51.2 Å². The predicted molar refractivity (Wildman–Crippen MR) is 133 cm³/mol. The fraction of sp³-hybridized carbons (Fsp3) is 0.630. The summed E-state index contributed by atoms with van der Waals surface area (Å²) >= 11 is 0. The molecular weight excluding hydrogens is 428 g/mol. The van der Waals surface area contributed by atoms with E-state index in [4.69, 9.17) is 4.74 Å². The molecule has 1 saturated carbocycles. The average Bonchev–Trinajstić information content (AvgIpc) is 3.18. The first-order chi connectivity index (χ1) is 16.1. The second-order valence-corrected chi connectivity index (χ2v) is 11.5. The standard InChI is InChI=1S/C27H38N4O3/c1-26(2,3)34-13-10-19-16-30-12-11-27(23(30)14-20(19)15-24(27)32)21-8-6-7-9-22(21)31-17-28(4)25(33)29(5)18-31/h6-10,20,23H,11-18H2,1-5H3/b19-10-/t20-,23+,27-/m1/s1. The van der Waals surface area contributed by atoms with Crippen LogP contribution in [0.15, 0.2) is 35.9 Å². The van der Waals surface area contributed by atoms with Crippen molar-refractivity contribution in [3.63, 3.8) is 0 Å². The summed E-state index contributed by atoms with van der Waals surface area (Å²) < 4.78 is 5.96. The third-order valence-corrected chi connectivity index (χ3v) is 8.16. The molecule has 7 nitrogen and oxygen atoms in total. The highest BCUT2D eigenvalue weighted by molar-refractivity contribution is 5.95. The summed E-state index contributed by atoms with van der Waals surface area (Å²) in [6.45, 7) is 9.76. The highest BCUT2D eigenvalue weighted by atomic mass is 16.5. The number of carbonyl (C=O) groups excluding carboxylic acids is 2. The number of fused-ring (bicyclic) bond motifs is 1. The molecule has 3 heterocycles. The van der Waals surface area contributed by atoms with Crippen LogP contribution in [0, 0.1) is 5.92 Å². The number of hydrogen-bond acceptors (Lipinski definition) is 5. The Morgan fingerprint density at radius 2 is 1.82 bits per heavy atom. The summed E-state index contributed by atoms with van der Waals surface area (Å²) in [5.74, 6) is 0.696. The van der Waals surface area contributed by atoms with Gasteiger partial charge in [0.25, 0.3) is 0 Å². The van der Waals surface area contributed by atoms with Crippen LogP contribution in [0.5, 0.6) is 0 Å². The van der Waals surface area contributed by atoms with Crippen LogP contribution >= 0.6 is 0 Å². The molecule has 1 aliphatic carbocycles. The van der Waals surface area contributed by atoms with Gasteiger partial charge in [-0.3, -0.25) is 9.69 Å². The smallest absolute Gasteiger partial charge is 0.322 e. The minimum Gasteiger partial charge on any atom is -0.372 e. The first-order valence-corrected chi connectivity index (χ1v) is 12.5. The van der Waals surface area contributed by atoms with Crippen molar-refractivity contribution < 1.29 is 14.3 Å². The third kappa shape index (κ3) is 3.83. The molecule has 7 heteroatoms. The number of hydrogen-bond donors (Lipinski definition) is 0. The van der Waals surface area contributed by atoms with E-state index in [0.717, 1.165) is 37.2 Å². The third-order valence-electron chi connectivity index (χ3n) is 8.16. The number of anilines is 1. The van der Waals surface area contributed by atoms with Crippen LogP contribution in [-0.2, 0) is 14.9 Å². The van der Waals surface area contributed by atoms with Gasteiger partial charge in [-0.25, -0.2) is 4.79 Å². The van der Waals surface area contributed by atoms with Gasteiger partial charge in [-0.15, -0.1) is 0 Å². The maximum Gasteiger partial charge on any atom is 0.322 e. The van der Waals surface area contributed by atoms with E-state index >= 15 is 0 Å². The Kier molecular flexibility index (Phi) is 5.76. The lowest BCUT2D eigenvalue weighted by molar-refractivity contribution is -0.129. The molecule has 3 aliphatic heterocycles. The van der Waals surface area contributed by atoms with Crippen molar-refractivity contribution in [2.45, 2.75) is 57.1 Å². The van der Waals surface area contributed by atoms with Gasteiger partial charge in [0.1, 0.15) is 5.78 Å². The minimum atomic E-state index is -0.459. The Labute approximate surface area is 203 Å². The largest absolute Gasteiger partial charge is 0.372 e. The number of para-hydroxylation sites is 1. The molecule has 4 fully saturated rings. The molecule has 0 N–H and O–H groups in total. The number of amides is 2. The predicted octanol–water partition coefficient (Wildman–Crippen LogP) is 3.45. The van der Waals surface area contributed by atoms with Gasteiger partial charge >= 0.3 is 6.03 Å². The van der Waals surface area contributed by atoms with Crippen molar-refractivity contribution in [2.24, 2.45) is 5.92 Å². The average molecular weight is 467 g/mol. The topological polar surface area (TPSA) is 56.3 Å². The summed E-state index contributed by atoms with van der Waals surface area (Å²) in [5, 5.41) is 0. The van der Waals surface area contributed by atoms with Crippen molar-refractivity contribution in [2.75, 3.05) is 52.0 Å². The number of nitrogens with zero attached hydrogens (tertiary/aromatic N) is 4. The minimum absolute atomic E-state index is 0.0255. The van der Waals surface area contributed by atoms with Crippen LogP contribution in [-0.4, -0.2) is 85.3 Å².